The van der Waals surface area contributed by atoms with Crippen LogP contribution in [-0.2, 0) is 11.2 Å². The van der Waals surface area contributed by atoms with Gasteiger partial charge in [-0.1, -0.05) is 6.08 Å². The van der Waals surface area contributed by atoms with Crippen molar-refractivity contribution in [1.29, 1.82) is 0 Å². The molecule has 0 saturated carbocycles. The Morgan fingerprint density at radius 3 is 2.78 bits per heavy atom. The maximum Gasteiger partial charge on any atom is 0.163 e. The van der Waals surface area contributed by atoms with Crippen LogP contribution in [0.1, 0.15) is 30.9 Å². The maximum absolute atomic E-state index is 12.3. The predicted molar refractivity (Wildman–Crippen MR) is 90.5 cm³/mol. The van der Waals surface area contributed by atoms with Gasteiger partial charge in [0.25, 0.3) is 0 Å². The van der Waals surface area contributed by atoms with E-state index in [1.165, 1.54) is 5.56 Å². The first-order valence-electron chi connectivity index (χ1n) is 7.89. The minimum atomic E-state index is 0.243. The van der Waals surface area contributed by atoms with E-state index in [0.29, 0.717) is 6.42 Å². The number of Topliss-reactive ketones (excluding diaryl/α,β-unsaturated/α-hetero) is 1. The summed E-state index contributed by atoms with van der Waals surface area (Å²) in [4.78, 5) is 16.3. The Morgan fingerprint density at radius 1 is 1.17 bits per heavy atom. The van der Waals surface area contributed by atoms with Crippen LogP contribution in [0, 0.1) is 0 Å². The largest absolute Gasteiger partial charge is 0.294 e. The van der Waals surface area contributed by atoms with E-state index in [1.807, 2.05) is 36.0 Å². The number of aromatic nitrogens is 3. The van der Waals surface area contributed by atoms with Crippen LogP contribution in [0.15, 0.2) is 48.9 Å². The summed E-state index contributed by atoms with van der Waals surface area (Å²) in [5.74, 6) is 0.243. The zero-order chi connectivity index (χ0) is 15.8. The van der Waals surface area contributed by atoms with Crippen LogP contribution < -0.4 is 0 Å². The van der Waals surface area contributed by atoms with E-state index in [-0.39, 0.29) is 5.78 Å². The third kappa shape index (κ3) is 2.27. The molecular formula is C19H17N3O. The van der Waals surface area contributed by atoms with Crippen LogP contribution >= 0.6 is 0 Å². The van der Waals surface area contributed by atoms with Gasteiger partial charge in [0.1, 0.15) is 0 Å². The van der Waals surface area contributed by atoms with Crippen molar-refractivity contribution in [3.05, 3.63) is 60.1 Å². The highest BCUT2D eigenvalue weighted by Crippen LogP contribution is 2.31. The lowest BCUT2D eigenvalue weighted by atomic mass is 9.96. The average Bonchev–Trinajstić information content (AvgIpc) is 2.91. The summed E-state index contributed by atoms with van der Waals surface area (Å²) in [6.07, 6.45) is 9.78. The minimum absolute atomic E-state index is 0.243. The van der Waals surface area contributed by atoms with Gasteiger partial charge in [0.2, 0.25) is 0 Å². The number of benzene rings is 1. The molecule has 4 heteroatoms. The predicted octanol–water partition coefficient (Wildman–Crippen LogP) is 3.73. The number of allylic oxidation sites excluding steroid dienone is 2. The van der Waals surface area contributed by atoms with Crippen molar-refractivity contribution in [3.63, 3.8) is 0 Å². The fourth-order valence-corrected chi connectivity index (χ4v) is 3.31. The normalized spacial score (nSPS) is 16.6. The number of carbonyl (C=O) groups is 1. The van der Waals surface area contributed by atoms with Gasteiger partial charge >= 0.3 is 0 Å². The van der Waals surface area contributed by atoms with Gasteiger partial charge in [0.15, 0.2) is 5.78 Å². The van der Waals surface area contributed by atoms with E-state index >= 15 is 0 Å². The first kappa shape index (κ1) is 13.9. The fourth-order valence-electron chi connectivity index (χ4n) is 3.31. The molecule has 4 rings (SSSR count). The highest BCUT2D eigenvalue weighted by Gasteiger charge is 2.20. The Hall–Kier alpha value is -2.75. The molecule has 0 atom stereocenters. The second-order valence-electron chi connectivity index (χ2n) is 5.81. The van der Waals surface area contributed by atoms with Crippen molar-refractivity contribution in [3.8, 4) is 5.69 Å². The molecule has 0 amide bonds. The first-order valence-corrected chi connectivity index (χ1v) is 7.89. The molecule has 0 unspecified atom stereocenters. The summed E-state index contributed by atoms with van der Waals surface area (Å²) >= 11 is 0. The van der Waals surface area contributed by atoms with Crippen LogP contribution in [-0.4, -0.2) is 20.5 Å². The van der Waals surface area contributed by atoms with Gasteiger partial charge in [-0.05, 0) is 55.2 Å². The van der Waals surface area contributed by atoms with Gasteiger partial charge in [0.05, 0.1) is 17.4 Å². The number of rotatable bonds is 1. The quantitative estimate of drug-likeness (QED) is 0.508. The lowest BCUT2D eigenvalue weighted by Crippen LogP contribution is -2.00. The number of aryl methyl sites for hydroxylation is 1. The zero-order valence-electron chi connectivity index (χ0n) is 13.0. The van der Waals surface area contributed by atoms with Crippen molar-refractivity contribution in [1.82, 2.24) is 14.8 Å². The van der Waals surface area contributed by atoms with Gasteiger partial charge in [-0.3, -0.25) is 9.78 Å². The first-order chi connectivity index (χ1) is 11.3. The topological polar surface area (TPSA) is 47.8 Å². The molecule has 0 spiro atoms. The molecule has 2 aromatic heterocycles. The third-order valence-electron chi connectivity index (χ3n) is 4.43. The van der Waals surface area contributed by atoms with Gasteiger partial charge in [-0.2, -0.15) is 5.10 Å². The van der Waals surface area contributed by atoms with Crippen molar-refractivity contribution in [2.45, 2.75) is 26.2 Å². The van der Waals surface area contributed by atoms with E-state index < -0.39 is 0 Å². The van der Waals surface area contributed by atoms with Crippen molar-refractivity contribution in [2.24, 2.45) is 0 Å². The van der Waals surface area contributed by atoms with Crippen molar-refractivity contribution < 1.29 is 4.79 Å². The third-order valence-corrected chi connectivity index (χ3v) is 4.43. The Labute approximate surface area is 134 Å². The highest BCUT2D eigenvalue weighted by molar-refractivity contribution is 6.21. The van der Waals surface area contributed by atoms with Crippen LogP contribution in [0.4, 0.5) is 0 Å². The minimum Gasteiger partial charge on any atom is -0.294 e. The molecule has 1 aliphatic rings. The van der Waals surface area contributed by atoms with Crippen LogP contribution in [0.25, 0.3) is 22.2 Å². The van der Waals surface area contributed by atoms with Gasteiger partial charge in [-0.15, -0.1) is 0 Å². The molecule has 0 saturated heterocycles. The molecule has 2 heterocycles. The average molecular weight is 303 g/mol. The number of hydrogen-bond acceptors (Lipinski definition) is 3. The molecule has 114 valence electrons. The molecule has 0 radical (unpaired) electrons. The Kier molecular flexibility index (Phi) is 3.30. The molecule has 3 aromatic rings. The van der Waals surface area contributed by atoms with Crippen LogP contribution in [0.5, 0.6) is 0 Å². The molecular weight excluding hydrogens is 286 g/mol. The van der Waals surface area contributed by atoms with Gasteiger partial charge < -0.3 is 0 Å². The van der Waals surface area contributed by atoms with Crippen molar-refractivity contribution in [2.75, 3.05) is 0 Å². The number of carbonyl (C=O) groups excluding carboxylic acids is 1. The van der Waals surface area contributed by atoms with Gasteiger partial charge in [0, 0.05) is 29.8 Å². The number of ketones is 1. The summed E-state index contributed by atoms with van der Waals surface area (Å²) in [7, 11) is 0. The standard InChI is InChI=1S/C19H17N3O/c1-2-16-17-10-14-12-21-22(15-6-8-20-9-7-15)18(14)11-13(17)4-3-5-19(16)23/h2,6-12H,3-5H2,1H3/b16-2+. The fraction of sp³-hybridized carbons (Fsp3) is 0.211. The van der Waals surface area contributed by atoms with E-state index in [1.54, 1.807) is 12.4 Å². The molecule has 0 fully saturated rings. The van der Waals surface area contributed by atoms with Crippen molar-refractivity contribution >= 4 is 22.3 Å². The van der Waals surface area contributed by atoms with E-state index in [0.717, 1.165) is 40.6 Å². The zero-order valence-corrected chi connectivity index (χ0v) is 13.0. The molecule has 1 aromatic carbocycles. The van der Waals surface area contributed by atoms with Crippen LogP contribution in [0.3, 0.4) is 0 Å². The molecule has 0 aliphatic heterocycles. The summed E-state index contributed by atoms with van der Waals surface area (Å²) in [6, 6.07) is 8.17. The highest BCUT2D eigenvalue weighted by atomic mass is 16.1. The number of pyridine rings is 1. The SMILES string of the molecule is C/C=C1/C(=O)CCCc2cc3c(cnn3-c3ccncc3)cc21. The molecule has 23 heavy (non-hydrogen) atoms. The molecule has 1 aliphatic carbocycles. The maximum atomic E-state index is 12.3. The summed E-state index contributed by atoms with van der Waals surface area (Å²) < 4.78 is 1.93. The number of nitrogens with zero attached hydrogens (tertiary/aromatic N) is 3. The number of fused-ring (bicyclic) bond motifs is 2. The smallest absolute Gasteiger partial charge is 0.163 e. The Bertz CT molecular complexity index is 922. The summed E-state index contributed by atoms with van der Waals surface area (Å²) in [6.45, 7) is 1.94. The second kappa shape index (κ2) is 5.47. The molecule has 4 nitrogen and oxygen atoms in total. The lowest BCUT2D eigenvalue weighted by Gasteiger charge is -2.10. The molecule has 0 N–H and O–H groups in total. The summed E-state index contributed by atoms with van der Waals surface area (Å²) in [5.41, 5.74) is 5.20. The van der Waals surface area contributed by atoms with E-state index in [9.17, 15) is 4.79 Å². The van der Waals surface area contributed by atoms with Gasteiger partial charge in [-0.25, -0.2) is 4.68 Å². The monoisotopic (exact) mass is 303 g/mol. The molecule has 0 bridgehead atoms. The van der Waals surface area contributed by atoms with E-state index in [4.69, 9.17) is 0 Å². The second-order valence-corrected chi connectivity index (χ2v) is 5.81. The Morgan fingerprint density at radius 2 is 2.00 bits per heavy atom. The van der Waals surface area contributed by atoms with Crippen LogP contribution in [0.2, 0.25) is 0 Å². The Balaban J connectivity index is 1.94. The number of hydrogen-bond donors (Lipinski definition) is 0. The summed E-state index contributed by atoms with van der Waals surface area (Å²) in [5, 5.41) is 5.57. The van der Waals surface area contributed by atoms with E-state index in [2.05, 4.69) is 22.2 Å². The lowest BCUT2D eigenvalue weighted by molar-refractivity contribution is -0.113.